The highest BCUT2D eigenvalue weighted by atomic mass is 32.2. The van der Waals surface area contributed by atoms with E-state index in [0.717, 1.165) is 0 Å². The number of aliphatic hydroxyl groups is 1. The van der Waals surface area contributed by atoms with E-state index in [2.05, 4.69) is 4.72 Å². The molecule has 2 bridgehead atoms. The van der Waals surface area contributed by atoms with Crippen molar-refractivity contribution in [1.29, 1.82) is 0 Å². The summed E-state index contributed by atoms with van der Waals surface area (Å²) < 4.78 is 30.2. The molecule has 0 radical (unpaired) electrons. The number of ether oxygens (including phenoxy) is 1. The Kier molecular flexibility index (Phi) is 2.10. The average Bonchev–Trinajstić information content (AvgIpc) is 2.32. The molecule has 76 valence electrons. The number of hydrogen-bond acceptors (Lipinski definition) is 4. The van der Waals surface area contributed by atoms with Crippen molar-refractivity contribution in [2.75, 3.05) is 7.11 Å². The van der Waals surface area contributed by atoms with E-state index < -0.39 is 16.1 Å². The zero-order chi connectivity index (χ0) is 9.64. The van der Waals surface area contributed by atoms with Gasteiger partial charge in [-0.15, -0.1) is 0 Å². The summed E-state index contributed by atoms with van der Waals surface area (Å²) in [6.45, 7) is 0. The molecule has 0 spiro atoms. The van der Waals surface area contributed by atoms with Gasteiger partial charge in [0.1, 0.15) is 0 Å². The van der Waals surface area contributed by atoms with Crippen LogP contribution in [0.1, 0.15) is 12.8 Å². The maximum atomic E-state index is 11.4. The third-order valence-electron chi connectivity index (χ3n) is 2.86. The number of rotatable bonds is 1. The summed E-state index contributed by atoms with van der Waals surface area (Å²) in [6, 6.07) is -0.353. The second-order valence-corrected chi connectivity index (χ2v) is 5.62. The second kappa shape index (κ2) is 2.91. The van der Waals surface area contributed by atoms with Crippen LogP contribution in [0.25, 0.3) is 0 Å². The van der Waals surface area contributed by atoms with Crippen LogP contribution in [0.3, 0.4) is 0 Å². The van der Waals surface area contributed by atoms with Crippen molar-refractivity contribution in [3.05, 3.63) is 0 Å². The predicted octanol–water partition coefficient (Wildman–Crippen LogP) is -1.17. The molecule has 1 saturated heterocycles. The number of nitrogens with one attached hydrogen (secondary N) is 1. The van der Waals surface area contributed by atoms with Crippen molar-refractivity contribution in [3.63, 3.8) is 0 Å². The topological polar surface area (TPSA) is 75.6 Å². The van der Waals surface area contributed by atoms with Crippen molar-refractivity contribution in [1.82, 2.24) is 4.72 Å². The molecule has 0 aromatic carbocycles. The fourth-order valence-corrected chi connectivity index (χ4v) is 3.84. The average molecular weight is 207 g/mol. The van der Waals surface area contributed by atoms with Gasteiger partial charge >= 0.3 is 0 Å². The van der Waals surface area contributed by atoms with Gasteiger partial charge in [0.05, 0.1) is 23.5 Å². The molecule has 0 aromatic heterocycles. The maximum absolute atomic E-state index is 11.4. The smallest absolute Gasteiger partial charge is 0.214 e. The monoisotopic (exact) mass is 207 g/mol. The van der Waals surface area contributed by atoms with Gasteiger partial charge in [-0.25, -0.2) is 13.1 Å². The summed E-state index contributed by atoms with van der Waals surface area (Å²) in [5.41, 5.74) is 0. The summed E-state index contributed by atoms with van der Waals surface area (Å²) in [5.74, 6) is 0. The molecule has 1 saturated carbocycles. The van der Waals surface area contributed by atoms with E-state index in [4.69, 9.17) is 4.74 Å². The van der Waals surface area contributed by atoms with Gasteiger partial charge in [-0.05, 0) is 12.8 Å². The summed E-state index contributed by atoms with van der Waals surface area (Å²) in [5, 5.41) is 9.25. The molecule has 0 amide bonds. The molecule has 6 heteroatoms. The van der Waals surface area contributed by atoms with Gasteiger partial charge in [0, 0.05) is 7.11 Å². The van der Waals surface area contributed by atoms with E-state index in [-0.39, 0.29) is 17.4 Å². The largest absolute Gasteiger partial charge is 0.389 e. The molecule has 13 heavy (non-hydrogen) atoms. The van der Waals surface area contributed by atoms with E-state index in [1.54, 1.807) is 0 Å². The lowest BCUT2D eigenvalue weighted by molar-refractivity contribution is -0.0426. The Bertz CT molecular complexity index is 302. The Morgan fingerprint density at radius 2 is 2.15 bits per heavy atom. The van der Waals surface area contributed by atoms with Crippen molar-refractivity contribution in [3.8, 4) is 0 Å². The highest BCUT2D eigenvalue weighted by Crippen LogP contribution is 2.32. The Balaban J connectivity index is 2.25. The van der Waals surface area contributed by atoms with Crippen LogP contribution in [0.2, 0.25) is 0 Å². The van der Waals surface area contributed by atoms with Crippen LogP contribution >= 0.6 is 0 Å². The molecule has 1 heterocycles. The van der Waals surface area contributed by atoms with E-state index in [0.29, 0.717) is 12.8 Å². The normalized spacial score (nSPS) is 47.8. The maximum Gasteiger partial charge on any atom is 0.214 e. The molecule has 2 rings (SSSR count). The Morgan fingerprint density at radius 3 is 2.77 bits per heavy atom. The summed E-state index contributed by atoms with van der Waals surface area (Å²) in [4.78, 5) is 0. The molecule has 0 aromatic rings. The molecule has 1 aliphatic heterocycles. The molecule has 2 fully saturated rings. The summed E-state index contributed by atoms with van der Waals surface area (Å²) >= 11 is 0. The van der Waals surface area contributed by atoms with Crippen molar-refractivity contribution < 1.29 is 18.3 Å². The van der Waals surface area contributed by atoms with Crippen LogP contribution in [0, 0.1) is 0 Å². The van der Waals surface area contributed by atoms with Crippen LogP contribution in [-0.4, -0.2) is 44.1 Å². The molecular weight excluding hydrogens is 194 g/mol. The zero-order valence-electron chi connectivity index (χ0n) is 7.30. The number of hydrogen-bond donors (Lipinski definition) is 2. The number of aliphatic hydroxyl groups excluding tert-OH is 1. The van der Waals surface area contributed by atoms with Gasteiger partial charge in [-0.1, -0.05) is 0 Å². The molecule has 5 nitrogen and oxygen atoms in total. The second-order valence-electron chi connectivity index (χ2n) is 3.63. The van der Waals surface area contributed by atoms with Crippen LogP contribution in [0.4, 0.5) is 0 Å². The van der Waals surface area contributed by atoms with Gasteiger partial charge in [0.15, 0.2) is 0 Å². The first-order valence-corrected chi connectivity index (χ1v) is 5.81. The van der Waals surface area contributed by atoms with Gasteiger partial charge in [-0.2, -0.15) is 0 Å². The molecule has 1 aliphatic carbocycles. The predicted molar refractivity (Wildman–Crippen MR) is 45.7 cm³/mol. The molecule has 4 unspecified atom stereocenters. The lowest BCUT2D eigenvalue weighted by atomic mass is 9.90. The number of methoxy groups -OCH3 is 1. The third kappa shape index (κ3) is 1.38. The van der Waals surface area contributed by atoms with Gasteiger partial charge in [0.2, 0.25) is 10.0 Å². The van der Waals surface area contributed by atoms with Crippen molar-refractivity contribution >= 4 is 10.0 Å². The fourth-order valence-electron chi connectivity index (χ4n) is 2.09. The Labute approximate surface area is 77.1 Å². The third-order valence-corrected chi connectivity index (χ3v) is 4.76. The van der Waals surface area contributed by atoms with Crippen LogP contribution < -0.4 is 4.72 Å². The van der Waals surface area contributed by atoms with Crippen LogP contribution in [0.5, 0.6) is 0 Å². The van der Waals surface area contributed by atoms with E-state index in [9.17, 15) is 13.5 Å². The van der Waals surface area contributed by atoms with Crippen molar-refractivity contribution in [2.24, 2.45) is 0 Å². The van der Waals surface area contributed by atoms with Gasteiger partial charge < -0.3 is 9.84 Å². The highest BCUT2D eigenvalue weighted by Gasteiger charge is 2.49. The number of sulfonamides is 1. The fraction of sp³-hybridized carbons (Fsp3) is 1.00. The Morgan fingerprint density at radius 1 is 1.46 bits per heavy atom. The molecule has 4 atom stereocenters. The van der Waals surface area contributed by atoms with E-state index >= 15 is 0 Å². The van der Waals surface area contributed by atoms with E-state index in [1.807, 2.05) is 0 Å². The summed E-state index contributed by atoms with van der Waals surface area (Å²) in [7, 11) is -1.70. The van der Waals surface area contributed by atoms with Gasteiger partial charge in [0.25, 0.3) is 0 Å². The first-order chi connectivity index (χ1) is 6.04. The van der Waals surface area contributed by atoms with Crippen LogP contribution in [-0.2, 0) is 14.8 Å². The summed E-state index contributed by atoms with van der Waals surface area (Å²) in [6.07, 6.45) is -0.167. The lowest BCUT2D eigenvalue weighted by Crippen LogP contribution is -2.45. The molecular formula is C7H13NO4S. The minimum Gasteiger partial charge on any atom is -0.389 e. The zero-order valence-corrected chi connectivity index (χ0v) is 8.12. The lowest BCUT2D eigenvalue weighted by Gasteiger charge is -2.29. The van der Waals surface area contributed by atoms with E-state index in [1.165, 1.54) is 7.11 Å². The number of fused-ring (bicyclic) bond motifs is 2. The quantitative estimate of drug-likeness (QED) is 0.568. The first kappa shape index (κ1) is 9.39. The van der Waals surface area contributed by atoms with Crippen molar-refractivity contribution in [2.45, 2.75) is 36.3 Å². The minimum atomic E-state index is -3.19. The first-order valence-electron chi connectivity index (χ1n) is 4.26. The van der Waals surface area contributed by atoms with Crippen LogP contribution in [0.15, 0.2) is 0 Å². The van der Waals surface area contributed by atoms with Gasteiger partial charge in [-0.3, -0.25) is 0 Å². The molecule has 2 N–H and O–H groups in total. The Hall–Kier alpha value is -0.170. The highest BCUT2D eigenvalue weighted by molar-refractivity contribution is 7.90. The molecule has 2 aliphatic rings. The standard InChI is InChI=1S/C7H13NO4S/c1-12-6-3-4-2-5(7(6)9)8-13(4,10)11/h4-9H,2-3H2,1H3. The minimum absolute atomic E-state index is 0.353. The SMILES string of the molecule is COC1CC2CC(NS2(=O)=O)C1O.